The Hall–Kier alpha value is -4.07. The molecule has 0 fully saturated rings. The molecule has 7 heteroatoms. The average molecular weight is 419 g/mol. The summed E-state index contributed by atoms with van der Waals surface area (Å²) in [5, 5.41) is 21.0. The van der Waals surface area contributed by atoms with E-state index in [2.05, 4.69) is 28.1 Å². The first kappa shape index (κ1) is 19.9. The van der Waals surface area contributed by atoms with E-state index in [9.17, 15) is 10.0 Å². The Bertz CT molecular complexity index is 1490. The molecule has 2 aromatic heterocycles. The van der Waals surface area contributed by atoms with Crippen LogP contribution in [-0.4, -0.2) is 32.1 Å². The first-order valence-corrected chi connectivity index (χ1v) is 10.00. The van der Waals surface area contributed by atoms with Crippen molar-refractivity contribution in [3.8, 4) is 22.8 Å². The molecule has 2 N–H and O–H groups in total. The molecular formula is C25H18BN3O3. The van der Waals surface area contributed by atoms with E-state index in [4.69, 9.17) is 4.42 Å². The summed E-state index contributed by atoms with van der Waals surface area (Å²) in [6.07, 6.45) is 1.61. The third kappa shape index (κ3) is 3.39. The number of nitrogens with zero attached hydrogens (tertiary/aromatic N) is 3. The maximum absolute atomic E-state index is 9.68. The number of allylic oxidation sites excluding steroid dienone is 2. The molecule has 0 amide bonds. The lowest BCUT2D eigenvalue weighted by atomic mass is 9.79. The summed E-state index contributed by atoms with van der Waals surface area (Å²) in [6.45, 7) is 7.75. The fourth-order valence-corrected chi connectivity index (χ4v) is 3.62. The fraction of sp³-hybridized carbons (Fsp3) is 0. The molecule has 0 aliphatic carbocycles. The number of rotatable bonds is 5. The fourth-order valence-electron chi connectivity index (χ4n) is 3.62. The first-order chi connectivity index (χ1) is 15.5. The van der Waals surface area contributed by atoms with Crippen LogP contribution in [0.5, 0.6) is 0 Å². The molecular weight excluding hydrogens is 401 g/mol. The Morgan fingerprint density at radius 2 is 1.59 bits per heavy atom. The zero-order valence-corrected chi connectivity index (χ0v) is 17.1. The molecule has 154 valence electrons. The molecule has 5 aromatic rings. The Balaban J connectivity index is 1.70. The predicted octanol–water partition coefficient (Wildman–Crippen LogP) is 3.98. The van der Waals surface area contributed by atoms with Crippen LogP contribution in [0.3, 0.4) is 0 Å². The summed E-state index contributed by atoms with van der Waals surface area (Å²) in [6, 6.07) is 20.6. The molecule has 0 aliphatic rings. The SMILES string of the molecule is C=CC(=C)c1nc(-c2ccccc2)nc(-c2ccc3c(c2)oc2c(B(O)O)cccc23)n1. The van der Waals surface area contributed by atoms with Crippen molar-refractivity contribution in [2.45, 2.75) is 0 Å². The maximum atomic E-state index is 9.68. The number of fused-ring (bicyclic) bond motifs is 3. The van der Waals surface area contributed by atoms with Crippen molar-refractivity contribution in [3.05, 3.63) is 91.8 Å². The third-order valence-corrected chi connectivity index (χ3v) is 5.27. The maximum Gasteiger partial charge on any atom is 0.492 e. The van der Waals surface area contributed by atoms with Gasteiger partial charge in [-0.25, -0.2) is 15.0 Å². The van der Waals surface area contributed by atoms with Crippen molar-refractivity contribution in [2.75, 3.05) is 0 Å². The van der Waals surface area contributed by atoms with Crippen LogP contribution >= 0.6 is 0 Å². The van der Waals surface area contributed by atoms with E-state index in [1.54, 1.807) is 18.2 Å². The van der Waals surface area contributed by atoms with E-state index < -0.39 is 7.12 Å². The van der Waals surface area contributed by atoms with Gasteiger partial charge in [0.1, 0.15) is 11.2 Å². The highest BCUT2D eigenvalue weighted by Gasteiger charge is 2.20. The molecule has 32 heavy (non-hydrogen) atoms. The standard InChI is InChI=1S/C25H18BN3O3/c1-3-15(2)23-27-24(16-8-5-4-6-9-16)29-25(28-23)17-12-13-18-19-10-7-11-20(26(30)31)22(19)32-21(18)14-17/h3-14,30-31H,1-2H2. The van der Waals surface area contributed by atoms with Crippen LogP contribution in [0, 0.1) is 0 Å². The molecule has 0 bridgehead atoms. The summed E-state index contributed by atoms with van der Waals surface area (Å²) in [4.78, 5) is 13.8. The van der Waals surface area contributed by atoms with Crippen LogP contribution in [0.2, 0.25) is 0 Å². The van der Waals surface area contributed by atoms with Crippen LogP contribution in [0.1, 0.15) is 5.82 Å². The summed E-state index contributed by atoms with van der Waals surface area (Å²) in [5.74, 6) is 1.45. The van der Waals surface area contributed by atoms with Gasteiger partial charge in [0.05, 0.1) is 0 Å². The minimum Gasteiger partial charge on any atom is -0.456 e. The van der Waals surface area contributed by atoms with Gasteiger partial charge in [-0.15, -0.1) is 0 Å². The van der Waals surface area contributed by atoms with Crippen molar-refractivity contribution in [3.63, 3.8) is 0 Å². The normalized spacial score (nSPS) is 11.1. The van der Waals surface area contributed by atoms with E-state index >= 15 is 0 Å². The van der Waals surface area contributed by atoms with E-state index in [0.29, 0.717) is 39.7 Å². The smallest absolute Gasteiger partial charge is 0.456 e. The van der Waals surface area contributed by atoms with Crippen LogP contribution in [0.4, 0.5) is 0 Å². The summed E-state index contributed by atoms with van der Waals surface area (Å²) < 4.78 is 6.00. The summed E-state index contributed by atoms with van der Waals surface area (Å²) >= 11 is 0. The van der Waals surface area contributed by atoms with Gasteiger partial charge in [-0.05, 0) is 12.1 Å². The van der Waals surface area contributed by atoms with Crippen LogP contribution in [-0.2, 0) is 0 Å². The van der Waals surface area contributed by atoms with Gasteiger partial charge >= 0.3 is 7.12 Å². The number of furan rings is 1. The van der Waals surface area contributed by atoms with Crippen LogP contribution in [0.15, 0.2) is 90.4 Å². The zero-order chi connectivity index (χ0) is 22.2. The van der Waals surface area contributed by atoms with Gasteiger partial charge in [-0.1, -0.05) is 73.8 Å². The minimum absolute atomic E-state index is 0.316. The second-order valence-corrected chi connectivity index (χ2v) is 7.31. The quantitative estimate of drug-likeness (QED) is 0.331. The zero-order valence-electron chi connectivity index (χ0n) is 17.1. The minimum atomic E-state index is -1.62. The van der Waals surface area contributed by atoms with E-state index in [1.165, 1.54) is 0 Å². The lowest BCUT2D eigenvalue weighted by molar-refractivity contribution is 0.425. The van der Waals surface area contributed by atoms with Gasteiger partial charge in [-0.2, -0.15) is 0 Å². The Morgan fingerprint density at radius 1 is 0.844 bits per heavy atom. The van der Waals surface area contributed by atoms with Gasteiger partial charge in [0.2, 0.25) is 0 Å². The van der Waals surface area contributed by atoms with Crippen molar-refractivity contribution in [1.82, 2.24) is 15.0 Å². The number of hydrogen-bond acceptors (Lipinski definition) is 6. The van der Waals surface area contributed by atoms with Crippen molar-refractivity contribution < 1.29 is 14.5 Å². The number of aromatic nitrogens is 3. The van der Waals surface area contributed by atoms with E-state index in [-0.39, 0.29) is 0 Å². The first-order valence-electron chi connectivity index (χ1n) is 10.00. The Labute approximate surface area is 184 Å². The highest BCUT2D eigenvalue weighted by molar-refractivity contribution is 6.61. The molecule has 0 saturated carbocycles. The van der Waals surface area contributed by atoms with Gasteiger partial charge in [0.15, 0.2) is 17.5 Å². The number of benzene rings is 3. The Kier molecular flexibility index (Phi) is 4.90. The molecule has 5 rings (SSSR count). The van der Waals surface area contributed by atoms with Crippen molar-refractivity contribution in [2.24, 2.45) is 0 Å². The third-order valence-electron chi connectivity index (χ3n) is 5.27. The van der Waals surface area contributed by atoms with Gasteiger partial charge in [0.25, 0.3) is 0 Å². The Morgan fingerprint density at radius 3 is 2.31 bits per heavy atom. The molecule has 0 saturated heterocycles. The topological polar surface area (TPSA) is 92.3 Å². The number of hydrogen-bond donors (Lipinski definition) is 2. The predicted molar refractivity (Wildman–Crippen MR) is 127 cm³/mol. The monoisotopic (exact) mass is 419 g/mol. The van der Waals surface area contributed by atoms with Gasteiger partial charge in [0, 0.05) is 32.9 Å². The molecule has 0 unspecified atom stereocenters. The second kappa shape index (κ2) is 7.88. The molecule has 6 nitrogen and oxygen atoms in total. The number of para-hydroxylation sites is 1. The average Bonchev–Trinajstić information content (AvgIpc) is 3.21. The largest absolute Gasteiger partial charge is 0.492 e. The molecule has 2 heterocycles. The van der Waals surface area contributed by atoms with E-state index in [1.807, 2.05) is 54.6 Å². The lowest BCUT2D eigenvalue weighted by Crippen LogP contribution is -2.29. The van der Waals surface area contributed by atoms with Crippen molar-refractivity contribution in [1.29, 1.82) is 0 Å². The molecule has 3 aromatic carbocycles. The molecule has 0 aliphatic heterocycles. The second-order valence-electron chi connectivity index (χ2n) is 7.31. The molecule has 0 radical (unpaired) electrons. The molecule has 0 spiro atoms. The van der Waals surface area contributed by atoms with E-state index in [0.717, 1.165) is 21.9 Å². The van der Waals surface area contributed by atoms with Gasteiger partial charge < -0.3 is 14.5 Å². The van der Waals surface area contributed by atoms with Crippen molar-refractivity contribution >= 4 is 40.1 Å². The summed E-state index contributed by atoms with van der Waals surface area (Å²) in [7, 11) is -1.62. The van der Waals surface area contributed by atoms with Crippen LogP contribution in [0.25, 0.3) is 50.3 Å². The lowest BCUT2D eigenvalue weighted by Gasteiger charge is -2.08. The van der Waals surface area contributed by atoms with Gasteiger partial charge in [-0.3, -0.25) is 0 Å². The highest BCUT2D eigenvalue weighted by atomic mass is 16.4. The highest BCUT2D eigenvalue weighted by Crippen LogP contribution is 2.31. The summed E-state index contributed by atoms with van der Waals surface area (Å²) in [5.41, 5.74) is 3.54. The van der Waals surface area contributed by atoms with Crippen LogP contribution < -0.4 is 5.46 Å². The molecule has 0 atom stereocenters.